The van der Waals surface area contributed by atoms with Crippen molar-refractivity contribution in [3.8, 4) is 0 Å². The summed E-state index contributed by atoms with van der Waals surface area (Å²) in [5.41, 5.74) is 0. The Balaban J connectivity index is 1.44. The molecule has 1 N–H and O–H groups in total. The summed E-state index contributed by atoms with van der Waals surface area (Å²) in [6.07, 6.45) is 9.30. The van der Waals surface area contributed by atoms with Crippen molar-refractivity contribution in [2.24, 2.45) is 0 Å². The molecule has 1 aromatic heterocycles. The molecule has 2 saturated carbocycles. The van der Waals surface area contributed by atoms with Gasteiger partial charge in [-0.25, -0.2) is 4.98 Å². The lowest BCUT2D eigenvalue weighted by atomic mass is 10.0. The van der Waals surface area contributed by atoms with Crippen LogP contribution in [0.25, 0.3) is 0 Å². The smallest absolute Gasteiger partial charge is 0.205 e. The monoisotopic (exact) mass is 278 g/mol. The van der Waals surface area contributed by atoms with Crippen LogP contribution in [0, 0.1) is 0 Å². The average Bonchev–Trinajstić information content (AvgIpc) is 3.37. The first kappa shape index (κ1) is 12.1. The summed E-state index contributed by atoms with van der Waals surface area (Å²) in [6.45, 7) is 2.29. The van der Waals surface area contributed by atoms with Crippen LogP contribution in [0.15, 0.2) is 0 Å². The molecule has 1 atom stereocenters. The first-order chi connectivity index (χ1) is 9.40. The predicted molar refractivity (Wildman–Crippen MR) is 77.9 cm³/mol. The van der Waals surface area contributed by atoms with E-state index < -0.39 is 0 Å². The van der Waals surface area contributed by atoms with Gasteiger partial charge in [-0.2, -0.15) is 4.37 Å². The summed E-state index contributed by atoms with van der Waals surface area (Å²) in [5, 5.41) is 4.85. The molecule has 1 saturated heterocycles. The Labute approximate surface area is 118 Å². The van der Waals surface area contributed by atoms with Gasteiger partial charge in [0.25, 0.3) is 0 Å². The van der Waals surface area contributed by atoms with Gasteiger partial charge >= 0.3 is 0 Å². The Bertz CT molecular complexity index is 438. The third-order valence-electron chi connectivity index (χ3n) is 4.47. The summed E-state index contributed by atoms with van der Waals surface area (Å²) >= 11 is 1.62. The number of rotatable bonds is 5. The molecule has 1 unspecified atom stereocenters. The number of hydrogen-bond acceptors (Lipinski definition) is 5. The SMILES string of the molecule is C1CCN(c2nc(C3CC3)ns2)C(CNC2CC2)C1. The lowest BCUT2D eigenvalue weighted by Crippen LogP contribution is -2.46. The minimum Gasteiger partial charge on any atom is -0.343 e. The number of hydrogen-bond donors (Lipinski definition) is 1. The predicted octanol–water partition coefficient (Wildman–Crippen LogP) is 2.53. The second-order valence-electron chi connectivity index (χ2n) is 6.23. The molecule has 3 fully saturated rings. The molecule has 1 aliphatic heterocycles. The highest BCUT2D eigenvalue weighted by Gasteiger charge is 2.31. The highest BCUT2D eigenvalue weighted by atomic mass is 32.1. The molecule has 3 aliphatic rings. The van der Waals surface area contributed by atoms with Gasteiger partial charge in [-0.05, 0) is 44.9 Å². The largest absolute Gasteiger partial charge is 0.343 e. The van der Waals surface area contributed by atoms with Crippen molar-refractivity contribution in [3.63, 3.8) is 0 Å². The molecule has 0 amide bonds. The molecule has 1 aromatic rings. The van der Waals surface area contributed by atoms with Crippen molar-refractivity contribution in [1.82, 2.24) is 14.7 Å². The summed E-state index contributed by atoms with van der Waals surface area (Å²) < 4.78 is 4.56. The second kappa shape index (κ2) is 5.02. The van der Waals surface area contributed by atoms with Crippen LogP contribution in [0.2, 0.25) is 0 Å². The highest BCUT2D eigenvalue weighted by molar-refractivity contribution is 7.09. The van der Waals surface area contributed by atoms with E-state index in [4.69, 9.17) is 4.98 Å². The van der Waals surface area contributed by atoms with Crippen LogP contribution >= 0.6 is 11.5 Å². The first-order valence-corrected chi connectivity index (χ1v) is 8.51. The zero-order valence-electron chi connectivity index (χ0n) is 11.3. The van der Waals surface area contributed by atoms with E-state index in [-0.39, 0.29) is 0 Å². The Morgan fingerprint density at radius 1 is 1.16 bits per heavy atom. The van der Waals surface area contributed by atoms with Crippen molar-refractivity contribution in [2.45, 2.75) is 62.9 Å². The fraction of sp³-hybridized carbons (Fsp3) is 0.857. The quantitative estimate of drug-likeness (QED) is 0.898. The van der Waals surface area contributed by atoms with Crippen molar-refractivity contribution in [2.75, 3.05) is 18.0 Å². The first-order valence-electron chi connectivity index (χ1n) is 7.74. The molecule has 5 heteroatoms. The minimum absolute atomic E-state index is 0.634. The zero-order chi connectivity index (χ0) is 12.7. The number of nitrogens with zero attached hydrogens (tertiary/aromatic N) is 3. The van der Waals surface area contributed by atoms with Crippen molar-refractivity contribution >= 4 is 16.7 Å². The van der Waals surface area contributed by atoms with Gasteiger partial charge in [0, 0.05) is 42.6 Å². The molecule has 0 aromatic carbocycles. The Morgan fingerprint density at radius 3 is 2.84 bits per heavy atom. The molecule has 104 valence electrons. The summed E-state index contributed by atoms with van der Waals surface area (Å²) in [4.78, 5) is 7.31. The number of aromatic nitrogens is 2. The van der Waals surface area contributed by atoms with Gasteiger partial charge in [0.2, 0.25) is 5.13 Å². The number of nitrogens with one attached hydrogen (secondary N) is 1. The van der Waals surface area contributed by atoms with E-state index in [9.17, 15) is 0 Å². The summed E-state index contributed by atoms with van der Waals surface area (Å²) in [5.74, 6) is 1.79. The summed E-state index contributed by atoms with van der Waals surface area (Å²) in [6, 6.07) is 1.44. The fourth-order valence-electron chi connectivity index (χ4n) is 2.91. The van der Waals surface area contributed by atoms with Gasteiger partial charge in [-0.15, -0.1) is 0 Å². The molecule has 4 nitrogen and oxygen atoms in total. The third-order valence-corrected chi connectivity index (χ3v) is 5.23. The lowest BCUT2D eigenvalue weighted by molar-refractivity contribution is 0.434. The van der Waals surface area contributed by atoms with Crippen LogP contribution in [0.5, 0.6) is 0 Å². The van der Waals surface area contributed by atoms with Crippen LogP contribution < -0.4 is 10.2 Å². The Kier molecular flexibility index (Phi) is 3.19. The third kappa shape index (κ3) is 2.77. The molecule has 2 aliphatic carbocycles. The molecule has 0 radical (unpaired) electrons. The normalized spacial score (nSPS) is 27.8. The number of piperidine rings is 1. The van der Waals surface area contributed by atoms with Gasteiger partial charge in [0.1, 0.15) is 5.82 Å². The number of anilines is 1. The van der Waals surface area contributed by atoms with Crippen LogP contribution in [0.4, 0.5) is 5.13 Å². The molecule has 19 heavy (non-hydrogen) atoms. The van der Waals surface area contributed by atoms with E-state index in [0.717, 1.165) is 25.0 Å². The standard InChI is InChI=1S/C14H22N4S/c1-2-8-18(12(3-1)9-15-11-6-7-11)14-16-13(17-19-14)10-4-5-10/h10-12,15H,1-9H2. The second-order valence-corrected chi connectivity index (χ2v) is 6.97. The van der Waals surface area contributed by atoms with Gasteiger partial charge in [-0.3, -0.25) is 0 Å². The van der Waals surface area contributed by atoms with E-state index in [1.54, 1.807) is 11.5 Å². The lowest BCUT2D eigenvalue weighted by Gasteiger charge is -2.35. The topological polar surface area (TPSA) is 41.1 Å². The molecular formula is C14H22N4S. The van der Waals surface area contributed by atoms with Gasteiger partial charge in [-0.1, -0.05) is 0 Å². The zero-order valence-corrected chi connectivity index (χ0v) is 12.2. The minimum atomic E-state index is 0.634. The average molecular weight is 278 g/mol. The highest BCUT2D eigenvalue weighted by Crippen LogP contribution is 2.40. The van der Waals surface area contributed by atoms with Crippen LogP contribution in [-0.4, -0.2) is 34.5 Å². The maximum Gasteiger partial charge on any atom is 0.205 e. The van der Waals surface area contributed by atoms with E-state index >= 15 is 0 Å². The van der Waals surface area contributed by atoms with Gasteiger partial charge in [0.15, 0.2) is 0 Å². The van der Waals surface area contributed by atoms with E-state index in [2.05, 4.69) is 14.6 Å². The maximum absolute atomic E-state index is 4.79. The van der Waals surface area contributed by atoms with Gasteiger partial charge in [0.05, 0.1) is 0 Å². The van der Waals surface area contributed by atoms with Gasteiger partial charge < -0.3 is 10.2 Å². The van der Waals surface area contributed by atoms with Crippen molar-refractivity contribution in [3.05, 3.63) is 5.82 Å². The molecule has 4 rings (SSSR count). The molecular weight excluding hydrogens is 256 g/mol. The van der Waals surface area contributed by atoms with E-state index in [1.165, 1.54) is 50.1 Å². The molecule has 0 bridgehead atoms. The van der Waals surface area contributed by atoms with E-state index in [0.29, 0.717) is 12.0 Å². The molecule has 2 heterocycles. The van der Waals surface area contributed by atoms with Crippen molar-refractivity contribution < 1.29 is 0 Å². The van der Waals surface area contributed by atoms with E-state index in [1.807, 2.05) is 0 Å². The van der Waals surface area contributed by atoms with Crippen LogP contribution in [0.1, 0.15) is 56.7 Å². The van der Waals surface area contributed by atoms with Crippen molar-refractivity contribution in [1.29, 1.82) is 0 Å². The molecule has 0 spiro atoms. The maximum atomic E-state index is 4.79. The fourth-order valence-corrected chi connectivity index (χ4v) is 3.75. The summed E-state index contributed by atoms with van der Waals surface area (Å²) in [7, 11) is 0. The Morgan fingerprint density at radius 2 is 2.05 bits per heavy atom. The van der Waals surface area contributed by atoms with Crippen LogP contribution in [0.3, 0.4) is 0 Å². The van der Waals surface area contributed by atoms with Crippen LogP contribution in [-0.2, 0) is 0 Å². The Hall–Kier alpha value is -0.680.